The summed E-state index contributed by atoms with van der Waals surface area (Å²) in [6.07, 6.45) is 0. The van der Waals surface area contributed by atoms with Crippen molar-refractivity contribution in [2.75, 3.05) is 33.4 Å². The molecule has 8 heteroatoms. The maximum absolute atomic E-state index is 13.0. The van der Waals surface area contributed by atoms with Gasteiger partial charge in [0.05, 0.1) is 18.1 Å². The van der Waals surface area contributed by atoms with Crippen molar-refractivity contribution < 1.29 is 17.9 Å². The summed E-state index contributed by atoms with van der Waals surface area (Å²) in [4.78, 5) is 14.7. The molecule has 0 spiro atoms. The molecule has 3 aromatic rings. The largest absolute Gasteiger partial charge is 0.379 e. The van der Waals surface area contributed by atoms with Crippen LogP contribution in [0, 0.1) is 0 Å². The van der Waals surface area contributed by atoms with E-state index in [9.17, 15) is 13.2 Å². The predicted octanol–water partition coefficient (Wildman–Crippen LogP) is 3.19. The Morgan fingerprint density at radius 3 is 2.69 bits per heavy atom. The molecule has 6 nitrogen and oxygen atoms in total. The fourth-order valence-electron chi connectivity index (χ4n) is 3.43. The molecule has 1 saturated heterocycles. The standard InChI is InChI=1S/C21H22N2O4S2/c1-22(14-17-15-28-20-8-3-2-7-19(17)20)21(24)16-5-4-6-18(13-16)29(25,26)23-9-11-27-12-10-23/h2-8,13,15H,9-12,14H2,1H3. The molecule has 0 atom stereocenters. The number of morpholine rings is 1. The number of carbonyl (C=O) groups excluding carboxylic acids is 1. The van der Waals surface area contributed by atoms with Gasteiger partial charge in [-0.05, 0) is 40.6 Å². The second-order valence-electron chi connectivity index (χ2n) is 6.96. The van der Waals surface area contributed by atoms with Crippen molar-refractivity contribution in [3.8, 4) is 0 Å². The lowest BCUT2D eigenvalue weighted by Gasteiger charge is -2.26. The van der Waals surface area contributed by atoms with Crippen molar-refractivity contribution in [1.82, 2.24) is 9.21 Å². The average molecular weight is 431 g/mol. The first kappa shape index (κ1) is 20.0. The molecule has 2 heterocycles. The van der Waals surface area contributed by atoms with Gasteiger partial charge in [-0.25, -0.2) is 8.42 Å². The summed E-state index contributed by atoms with van der Waals surface area (Å²) in [5.74, 6) is -0.209. The number of nitrogens with zero attached hydrogens (tertiary/aromatic N) is 2. The zero-order valence-corrected chi connectivity index (χ0v) is 17.7. The van der Waals surface area contributed by atoms with Crippen LogP contribution in [-0.4, -0.2) is 56.9 Å². The normalized spacial score (nSPS) is 15.5. The van der Waals surface area contributed by atoms with E-state index in [4.69, 9.17) is 4.74 Å². The maximum Gasteiger partial charge on any atom is 0.253 e. The van der Waals surface area contributed by atoms with Crippen LogP contribution >= 0.6 is 11.3 Å². The van der Waals surface area contributed by atoms with E-state index < -0.39 is 10.0 Å². The highest BCUT2D eigenvalue weighted by atomic mass is 32.2. The van der Waals surface area contributed by atoms with Gasteiger partial charge in [0.1, 0.15) is 0 Å². The molecular formula is C21H22N2O4S2. The van der Waals surface area contributed by atoms with Crippen LogP contribution in [0.2, 0.25) is 0 Å². The molecule has 1 fully saturated rings. The third-order valence-corrected chi connectivity index (χ3v) is 7.91. The molecule has 0 radical (unpaired) electrons. The molecule has 0 aliphatic carbocycles. The molecule has 4 rings (SSSR count). The molecule has 2 aromatic carbocycles. The number of rotatable bonds is 5. The highest BCUT2D eigenvalue weighted by Crippen LogP contribution is 2.27. The van der Waals surface area contributed by atoms with Gasteiger partial charge in [-0.2, -0.15) is 4.31 Å². The van der Waals surface area contributed by atoms with Crippen LogP contribution in [0.4, 0.5) is 0 Å². The van der Waals surface area contributed by atoms with Gasteiger partial charge < -0.3 is 9.64 Å². The minimum Gasteiger partial charge on any atom is -0.379 e. The van der Waals surface area contributed by atoms with Gasteiger partial charge in [0, 0.05) is 36.9 Å². The zero-order chi connectivity index (χ0) is 20.4. The Bertz CT molecular complexity index is 1130. The predicted molar refractivity (Wildman–Crippen MR) is 114 cm³/mol. The Labute approximate surface area is 174 Å². The second-order valence-corrected chi connectivity index (χ2v) is 9.81. The van der Waals surface area contributed by atoms with E-state index in [0.29, 0.717) is 38.4 Å². The molecule has 1 aliphatic rings. The van der Waals surface area contributed by atoms with Crippen LogP contribution in [0.3, 0.4) is 0 Å². The number of benzene rings is 2. The Balaban J connectivity index is 1.55. The number of ether oxygens (including phenoxy) is 1. The van der Waals surface area contributed by atoms with Gasteiger partial charge in [0.25, 0.3) is 5.91 Å². The van der Waals surface area contributed by atoms with Crippen LogP contribution in [-0.2, 0) is 21.3 Å². The third kappa shape index (κ3) is 4.06. The molecule has 152 valence electrons. The number of amides is 1. The van der Waals surface area contributed by atoms with Crippen LogP contribution in [0.25, 0.3) is 10.1 Å². The molecule has 0 bridgehead atoms. The molecule has 0 saturated carbocycles. The van der Waals surface area contributed by atoms with E-state index in [1.807, 2.05) is 12.1 Å². The van der Waals surface area contributed by atoms with Crippen LogP contribution in [0.5, 0.6) is 0 Å². The lowest BCUT2D eigenvalue weighted by atomic mass is 10.1. The first-order valence-corrected chi connectivity index (χ1v) is 11.7. The van der Waals surface area contributed by atoms with Crippen molar-refractivity contribution in [2.45, 2.75) is 11.4 Å². The van der Waals surface area contributed by atoms with Crippen molar-refractivity contribution >= 4 is 37.4 Å². The summed E-state index contributed by atoms with van der Waals surface area (Å²) in [5, 5.41) is 3.20. The Hall–Kier alpha value is -2.26. The van der Waals surface area contributed by atoms with E-state index in [2.05, 4.69) is 17.5 Å². The van der Waals surface area contributed by atoms with E-state index in [-0.39, 0.29) is 10.8 Å². The van der Waals surface area contributed by atoms with Crippen LogP contribution in [0.15, 0.2) is 58.8 Å². The highest BCUT2D eigenvalue weighted by molar-refractivity contribution is 7.89. The van der Waals surface area contributed by atoms with Crippen LogP contribution in [0.1, 0.15) is 15.9 Å². The van der Waals surface area contributed by atoms with Crippen molar-refractivity contribution in [1.29, 1.82) is 0 Å². The summed E-state index contributed by atoms with van der Waals surface area (Å²) in [5.41, 5.74) is 1.44. The Kier molecular flexibility index (Phi) is 5.69. The lowest BCUT2D eigenvalue weighted by Crippen LogP contribution is -2.40. The van der Waals surface area contributed by atoms with Crippen molar-refractivity contribution in [3.63, 3.8) is 0 Å². The minimum absolute atomic E-state index is 0.139. The van der Waals surface area contributed by atoms with E-state index in [1.165, 1.54) is 21.1 Å². The number of hydrogen-bond donors (Lipinski definition) is 0. The SMILES string of the molecule is CN(Cc1csc2ccccc12)C(=O)c1cccc(S(=O)(=O)N2CCOCC2)c1. The molecule has 29 heavy (non-hydrogen) atoms. The van der Waals surface area contributed by atoms with E-state index in [1.54, 1.807) is 35.4 Å². The first-order valence-electron chi connectivity index (χ1n) is 9.35. The summed E-state index contributed by atoms with van der Waals surface area (Å²) in [7, 11) is -1.90. The van der Waals surface area contributed by atoms with E-state index in [0.717, 1.165) is 10.9 Å². The van der Waals surface area contributed by atoms with Gasteiger partial charge >= 0.3 is 0 Å². The second kappa shape index (κ2) is 8.23. The third-order valence-electron chi connectivity index (χ3n) is 5.00. The minimum atomic E-state index is -3.64. The van der Waals surface area contributed by atoms with Gasteiger partial charge in [0.15, 0.2) is 0 Å². The van der Waals surface area contributed by atoms with Gasteiger partial charge in [0.2, 0.25) is 10.0 Å². The number of thiophene rings is 1. The topological polar surface area (TPSA) is 66.9 Å². The Morgan fingerprint density at radius 1 is 1.14 bits per heavy atom. The highest BCUT2D eigenvalue weighted by Gasteiger charge is 2.27. The molecule has 1 aliphatic heterocycles. The number of carbonyl (C=O) groups is 1. The fourth-order valence-corrected chi connectivity index (χ4v) is 5.84. The number of hydrogen-bond acceptors (Lipinski definition) is 5. The van der Waals surface area contributed by atoms with E-state index >= 15 is 0 Å². The molecule has 1 aromatic heterocycles. The Morgan fingerprint density at radius 2 is 1.90 bits per heavy atom. The van der Waals surface area contributed by atoms with Crippen molar-refractivity contribution in [2.24, 2.45) is 0 Å². The average Bonchev–Trinajstić information content (AvgIpc) is 3.17. The smallest absolute Gasteiger partial charge is 0.253 e. The van der Waals surface area contributed by atoms with Crippen LogP contribution < -0.4 is 0 Å². The van der Waals surface area contributed by atoms with Gasteiger partial charge in [-0.15, -0.1) is 11.3 Å². The molecule has 0 N–H and O–H groups in total. The maximum atomic E-state index is 13.0. The summed E-state index contributed by atoms with van der Waals surface area (Å²) >= 11 is 1.65. The summed E-state index contributed by atoms with van der Waals surface area (Å²) in [6.45, 7) is 1.88. The zero-order valence-electron chi connectivity index (χ0n) is 16.1. The quantitative estimate of drug-likeness (QED) is 0.624. The first-order chi connectivity index (χ1) is 14.0. The number of fused-ring (bicyclic) bond motifs is 1. The monoisotopic (exact) mass is 430 g/mol. The molecule has 0 unspecified atom stereocenters. The van der Waals surface area contributed by atoms with Gasteiger partial charge in [-0.3, -0.25) is 4.79 Å². The summed E-state index contributed by atoms with van der Waals surface area (Å²) < 4.78 is 33.6. The fraction of sp³-hybridized carbons (Fsp3) is 0.286. The summed E-state index contributed by atoms with van der Waals surface area (Å²) in [6, 6.07) is 14.4. The lowest BCUT2D eigenvalue weighted by molar-refractivity contribution is 0.0730. The number of sulfonamides is 1. The molecule has 1 amide bonds. The van der Waals surface area contributed by atoms with Crippen molar-refractivity contribution in [3.05, 3.63) is 65.0 Å². The molecular weight excluding hydrogens is 408 g/mol. The van der Waals surface area contributed by atoms with Gasteiger partial charge in [-0.1, -0.05) is 24.3 Å².